The van der Waals surface area contributed by atoms with Crippen molar-refractivity contribution < 1.29 is 4.39 Å². The molecular formula is C14H7FIS. The van der Waals surface area contributed by atoms with E-state index in [4.69, 9.17) is 0 Å². The van der Waals surface area contributed by atoms with E-state index in [1.807, 2.05) is 24.3 Å². The highest BCUT2D eigenvalue weighted by molar-refractivity contribution is 14.1. The number of hydrogen-bond donors (Lipinski definition) is 0. The largest absolute Gasteiger partial charge is 0.207 e. The Hall–Kier alpha value is -0.940. The summed E-state index contributed by atoms with van der Waals surface area (Å²) in [6.07, 6.45) is 0. The molecule has 1 radical (unpaired) electrons. The summed E-state index contributed by atoms with van der Waals surface area (Å²) in [5.41, 5.74) is 1.06. The van der Waals surface area contributed by atoms with Gasteiger partial charge in [-0.05, 0) is 52.4 Å². The van der Waals surface area contributed by atoms with Gasteiger partial charge in [0.25, 0.3) is 0 Å². The number of hydrogen-bond acceptors (Lipinski definition) is 1. The summed E-state index contributed by atoms with van der Waals surface area (Å²) in [6, 6.07) is 15.9. The third-order valence-electron chi connectivity index (χ3n) is 2.56. The van der Waals surface area contributed by atoms with Gasteiger partial charge in [-0.3, -0.25) is 0 Å². The van der Waals surface area contributed by atoms with E-state index in [9.17, 15) is 4.39 Å². The molecule has 3 aromatic rings. The number of fused-ring (bicyclic) bond motifs is 1. The van der Waals surface area contributed by atoms with Crippen molar-refractivity contribution in [3.63, 3.8) is 0 Å². The Morgan fingerprint density at radius 3 is 2.59 bits per heavy atom. The SMILES string of the molecule is Fc1ccc(-c2sc3ccc[c]c3c2I)cc1. The fraction of sp³-hybridized carbons (Fsp3) is 0. The van der Waals surface area contributed by atoms with Gasteiger partial charge in [0.15, 0.2) is 0 Å². The van der Waals surface area contributed by atoms with E-state index in [0.29, 0.717) is 0 Å². The number of thiophene rings is 1. The number of rotatable bonds is 1. The molecule has 3 heteroatoms. The van der Waals surface area contributed by atoms with Crippen molar-refractivity contribution in [3.8, 4) is 10.4 Å². The van der Waals surface area contributed by atoms with Crippen LogP contribution >= 0.6 is 33.9 Å². The molecule has 0 saturated heterocycles. The van der Waals surface area contributed by atoms with Crippen LogP contribution in [0.3, 0.4) is 0 Å². The molecule has 2 aromatic carbocycles. The molecule has 0 atom stereocenters. The van der Waals surface area contributed by atoms with Gasteiger partial charge in [0.2, 0.25) is 0 Å². The highest BCUT2D eigenvalue weighted by atomic mass is 127. The lowest BCUT2D eigenvalue weighted by molar-refractivity contribution is 0.628. The summed E-state index contributed by atoms with van der Waals surface area (Å²) in [4.78, 5) is 1.18. The molecule has 0 nitrogen and oxygen atoms in total. The molecule has 0 aliphatic carbocycles. The molecule has 0 aliphatic heterocycles. The maximum atomic E-state index is 12.9. The average Bonchev–Trinajstić information content (AvgIpc) is 2.69. The van der Waals surface area contributed by atoms with Gasteiger partial charge in [-0.1, -0.05) is 24.3 Å². The van der Waals surface area contributed by atoms with Crippen molar-refractivity contribution >= 4 is 44.0 Å². The zero-order valence-electron chi connectivity index (χ0n) is 8.71. The molecule has 0 amide bonds. The van der Waals surface area contributed by atoms with Crippen LogP contribution in [-0.2, 0) is 0 Å². The molecule has 0 saturated carbocycles. The van der Waals surface area contributed by atoms with Crippen molar-refractivity contribution in [1.82, 2.24) is 0 Å². The first-order chi connectivity index (χ1) is 8.25. The van der Waals surface area contributed by atoms with Crippen molar-refractivity contribution in [2.75, 3.05) is 0 Å². The molecule has 1 heterocycles. The first-order valence-corrected chi connectivity index (χ1v) is 7.00. The molecule has 1 aromatic heterocycles. The van der Waals surface area contributed by atoms with Crippen LogP contribution in [0.25, 0.3) is 20.5 Å². The van der Waals surface area contributed by atoms with Crippen LogP contribution in [0.1, 0.15) is 0 Å². The maximum absolute atomic E-state index is 12.9. The van der Waals surface area contributed by atoms with E-state index >= 15 is 0 Å². The van der Waals surface area contributed by atoms with Crippen LogP contribution in [0, 0.1) is 15.5 Å². The molecule has 0 aliphatic rings. The van der Waals surface area contributed by atoms with Gasteiger partial charge in [-0.2, -0.15) is 0 Å². The Morgan fingerprint density at radius 1 is 1.12 bits per heavy atom. The van der Waals surface area contributed by atoms with Crippen molar-refractivity contribution in [2.45, 2.75) is 0 Å². The first kappa shape index (κ1) is 11.2. The van der Waals surface area contributed by atoms with E-state index in [1.165, 1.54) is 25.3 Å². The first-order valence-electron chi connectivity index (χ1n) is 5.10. The van der Waals surface area contributed by atoms with Crippen LogP contribution < -0.4 is 0 Å². The minimum Gasteiger partial charge on any atom is -0.207 e. The van der Waals surface area contributed by atoms with Crippen LogP contribution in [0.4, 0.5) is 4.39 Å². The molecule has 0 unspecified atom stereocenters. The zero-order chi connectivity index (χ0) is 11.8. The lowest BCUT2D eigenvalue weighted by Crippen LogP contribution is -1.77. The summed E-state index contributed by atoms with van der Waals surface area (Å²) in [6.45, 7) is 0. The summed E-state index contributed by atoms with van der Waals surface area (Å²) in [5, 5.41) is 1.15. The Labute approximate surface area is 116 Å². The topological polar surface area (TPSA) is 0 Å². The van der Waals surface area contributed by atoms with E-state index in [1.54, 1.807) is 11.3 Å². The van der Waals surface area contributed by atoms with Gasteiger partial charge in [0.1, 0.15) is 5.82 Å². The van der Waals surface area contributed by atoms with Crippen LogP contribution in [0.2, 0.25) is 0 Å². The molecule has 0 spiro atoms. The smallest absolute Gasteiger partial charge is 0.123 e. The second kappa shape index (κ2) is 4.38. The minimum absolute atomic E-state index is 0.198. The van der Waals surface area contributed by atoms with Gasteiger partial charge in [-0.25, -0.2) is 4.39 Å². The minimum atomic E-state index is -0.198. The highest BCUT2D eigenvalue weighted by Crippen LogP contribution is 2.38. The summed E-state index contributed by atoms with van der Waals surface area (Å²) in [7, 11) is 0. The maximum Gasteiger partial charge on any atom is 0.123 e. The van der Waals surface area contributed by atoms with E-state index in [0.717, 1.165) is 10.9 Å². The van der Waals surface area contributed by atoms with Crippen molar-refractivity contribution in [1.29, 1.82) is 0 Å². The zero-order valence-corrected chi connectivity index (χ0v) is 11.7. The Kier molecular flexibility index (Phi) is 2.88. The quantitative estimate of drug-likeness (QED) is 0.533. The van der Waals surface area contributed by atoms with E-state index in [-0.39, 0.29) is 5.82 Å². The third-order valence-corrected chi connectivity index (χ3v) is 5.20. The number of halogens is 2. The van der Waals surface area contributed by atoms with Crippen LogP contribution in [0.5, 0.6) is 0 Å². The summed E-state index contributed by atoms with van der Waals surface area (Å²) < 4.78 is 15.3. The highest BCUT2D eigenvalue weighted by Gasteiger charge is 2.11. The fourth-order valence-electron chi connectivity index (χ4n) is 1.73. The molecule has 0 N–H and O–H groups in total. The Bertz CT molecular complexity index is 670. The predicted molar refractivity (Wildman–Crippen MR) is 78.8 cm³/mol. The van der Waals surface area contributed by atoms with Gasteiger partial charge in [-0.15, -0.1) is 11.3 Å². The second-order valence-electron chi connectivity index (χ2n) is 3.66. The third kappa shape index (κ3) is 1.98. The van der Waals surface area contributed by atoms with Crippen molar-refractivity contribution in [2.24, 2.45) is 0 Å². The molecule has 83 valence electrons. The van der Waals surface area contributed by atoms with Crippen molar-refractivity contribution in [3.05, 3.63) is 57.9 Å². The van der Waals surface area contributed by atoms with Gasteiger partial charge in [0.05, 0.1) is 0 Å². The van der Waals surface area contributed by atoms with E-state index in [2.05, 4.69) is 34.7 Å². The lowest BCUT2D eigenvalue weighted by atomic mass is 10.1. The van der Waals surface area contributed by atoms with Gasteiger partial charge in [0, 0.05) is 18.5 Å². The Balaban J connectivity index is 2.24. The van der Waals surface area contributed by atoms with E-state index < -0.39 is 0 Å². The van der Waals surface area contributed by atoms with Gasteiger partial charge < -0.3 is 0 Å². The molecular weight excluding hydrogens is 346 g/mol. The van der Waals surface area contributed by atoms with Gasteiger partial charge >= 0.3 is 0 Å². The Morgan fingerprint density at radius 2 is 1.88 bits per heavy atom. The average molecular weight is 353 g/mol. The molecule has 0 bridgehead atoms. The molecule has 3 rings (SSSR count). The predicted octanol–water partition coefficient (Wildman–Crippen LogP) is 5.11. The van der Waals surface area contributed by atoms with Crippen LogP contribution in [-0.4, -0.2) is 0 Å². The standard InChI is InChI=1S/C14H7FIS/c15-10-7-5-9(6-8-10)14-13(16)11-3-1-2-4-12(11)17-14/h1-2,4-8H. The van der Waals surface area contributed by atoms with Crippen LogP contribution in [0.15, 0.2) is 42.5 Å². The monoisotopic (exact) mass is 353 g/mol. The lowest BCUT2D eigenvalue weighted by Gasteiger charge is -1.98. The summed E-state index contributed by atoms with van der Waals surface area (Å²) in [5.74, 6) is -0.198. The fourth-order valence-corrected chi connectivity index (χ4v) is 4.08. The normalized spacial score (nSPS) is 10.9. The summed E-state index contributed by atoms with van der Waals surface area (Å²) >= 11 is 4.05. The number of benzene rings is 2. The molecule has 0 fully saturated rings. The second-order valence-corrected chi connectivity index (χ2v) is 5.79. The molecule has 17 heavy (non-hydrogen) atoms.